The molecule has 0 saturated heterocycles. The third-order valence-electron chi connectivity index (χ3n) is 2.67. The average molecular weight is 247 g/mol. The van der Waals surface area contributed by atoms with Gasteiger partial charge in [0, 0.05) is 17.8 Å². The number of nitrogens with zero attached hydrogens (tertiary/aromatic N) is 3. The van der Waals surface area contributed by atoms with Crippen LogP contribution in [0.25, 0.3) is 10.9 Å². The molecule has 0 spiro atoms. The van der Waals surface area contributed by atoms with Crippen LogP contribution in [0, 0.1) is 11.3 Å². The predicted octanol–water partition coefficient (Wildman–Crippen LogP) is 3.29. The molecule has 0 amide bonds. The Morgan fingerprint density at radius 3 is 2.63 bits per heavy atom. The van der Waals surface area contributed by atoms with Crippen molar-refractivity contribution in [3.8, 4) is 17.7 Å². The highest BCUT2D eigenvalue weighted by Gasteiger charge is 2.08. The summed E-state index contributed by atoms with van der Waals surface area (Å²) in [5.74, 6) is 0.918. The zero-order valence-corrected chi connectivity index (χ0v) is 9.95. The van der Waals surface area contributed by atoms with Crippen LogP contribution in [0.2, 0.25) is 0 Å². The van der Waals surface area contributed by atoms with Crippen LogP contribution in [0.15, 0.2) is 54.9 Å². The van der Waals surface area contributed by atoms with Crippen molar-refractivity contribution >= 4 is 10.9 Å². The second-order valence-electron chi connectivity index (χ2n) is 3.93. The van der Waals surface area contributed by atoms with E-state index < -0.39 is 0 Å². The summed E-state index contributed by atoms with van der Waals surface area (Å²) in [5.41, 5.74) is 1.21. The van der Waals surface area contributed by atoms with E-state index in [1.54, 1.807) is 30.6 Å². The minimum absolute atomic E-state index is 0.312. The molecule has 19 heavy (non-hydrogen) atoms. The number of hydrogen-bond acceptors (Lipinski definition) is 4. The maximum Gasteiger partial charge on any atom is 0.237 e. The number of pyridine rings is 2. The van der Waals surface area contributed by atoms with E-state index in [4.69, 9.17) is 4.74 Å². The van der Waals surface area contributed by atoms with Gasteiger partial charge in [0.05, 0.1) is 5.52 Å². The molecule has 90 valence electrons. The van der Waals surface area contributed by atoms with E-state index >= 15 is 0 Å². The van der Waals surface area contributed by atoms with E-state index in [0.717, 1.165) is 10.9 Å². The smallest absolute Gasteiger partial charge is 0.237 e. The van der Waals surface area contributed by atoms with Crippen molar-refractivity contribution in [2.24, 2.45) is 0 Å². The van der Waals surface area contributed by atoms with Crippen molar-refractivity contribution in [1.82, 2.24) is 9.97 Å². The van der Waals surface area contributed by atoms with Crippen molar-refractivity contribution < 1.29 is 4.74 Å². The average Bonchev–Trinajstić information content (AvgIpc) is 2.47. The van der Waals surface area contributed by atoms with E-state index in [2.05, 4.69) is 16.0 Å². The highest BCUT2D eigenvalue weighted by atomic mass is 16.5. The third kappa shape index (κ3) is 2.22. The lowest BCUT2D eigenvalue weighted by atomic mass is 10.1. The largest absolute Gasteiger partial charge is 0.438 e. The molecule has 0 N–H and O–H groups in total. The van der Waals surface area contributed by atoms with Crippen molar-refractivity contribution in [3.63, 3.8) is 0 Å². The van der Waals surface area contributed by atoms with Crippen LogP contribution in [0.5, 0.6) is 11.6 Å². The third-order valence-corrected chi connectivity index (χ3v) is 2.67. The van der Waals surface area contributed by atoms with Gasteiger partial charge in [-0.2, -0.15) is 5.26 Å². The predicted molar refractivity (Wildman–Crippen MR) is 70.8 cm³/mol. The molecule has 0 fully saturated rings. The standard InChI is InChI=1S/C15H9N3O/c16-10-12-9-11-3-1-2-4-14(11)18-15(12)19-13-5-7-17-8-6-13/h1-9H. The maximum atomic E-state index is 9.17. The second-order valence-corrected chi connectivity index (χ2v) is 3.93. The second kappa shape index (κ2) is 4.75. The fourth-order valence-electron chi connectivity index (χ4n) is 1.77. The summed E-state index contributed by atoms with van der Waals surface area (Å²) in [5, 5.41) is 10.1. The Bertz CT molecular complexity index is 763. The quantitative estimate of drug-likeness (QED) is 0.697. The summed E-state index contributed by atoms with van der Waals surface area (Å²) >= 11 is 0. The van der Waals surface area contributed by atoms with Gasteiger partial charge in [0.15, 0.2) is 0 Å². The van der Waals surface area contributed by atoms with Crippen LogP contribution in [-0.4, -0.2) is 9.97 Å². The Labute approximate surface area is 109 Å². The normalized spacial score (nSPS) is 10.1. The number of nitriles is 1. The van der Waals surface area contributed by atoms with Gasteiger partial charge in [-0.05, 0) is 24.3 Å². The van der Waals surface area contributed by atoms with Crippen LogP contribution < -0.4 is 4.74 Å². The molecule has 1 aromatic carbocycles. The number of hydrogen-bond donors (Lipinski definition) is 0. The van der Waals surface area contributed by atoms with Crippen molar-refractivity contribution in [1.29, 1.82) is 5.26 Å². The van der Waals surface area contributed by atoms with Gasteiger partial charge >= 0.3 is 0 Å². The Morgan fingerprint density at radius 1 is 1.05 bits per heavy atom. The van der Waals surface area contributed by atoms with Gasteiger partial charge in [-0.25, -0.2) is 4.98 Å². The lowest BCUT2D eigenvalue weighted by molar-refractivity contribution is 0.463. The van der Waals surface area contributed by atoms with Crippen LogP contribution >= 0.6 is 0 Å². The molecule has 0 atom stereocenters. The van der Waals surface area contributed by atoms with Gasteiger partial charge in [0.25, 0.3) is 0 Å². The van der Waals surface area contributed by atoms with Crippen LogP contribution in [-0.2, 0) is 0 Å². The zero-order valence-electron chi connectivity index (χ0n) is 9.95. The van der Waals surface area contributed by atoms with Gasteiger partial charge < -0.3 is 4.74 Å². The van der Waals surface area contributed by atoms with Crippen molar-refractivity contribution in [2.75, 3.05) is 0 Å². The fourth-order valence-corrected chi connectivity index (χ4v) is 1.77. The van der Waals surface area contributed by atoms with Crippen molar-refractivity contribution in [2.45, 2.75) is 0 Å². The number of benzene rings is 1. The zero-order chi connectivity index (χ0) is 13.1. The first-order chi connectivity index (χ1) is 9.36. The molecule has 2 heterocycles. The first-order valence-corrected chi connectivity index (χ1v) is 5.74. The Kier molecular flexibility index (Phi) is 2.79. The minimum Gasteiger partial charge on any atom is -0.438 e. The van der Waals surface area contributed by atoms with E-state index in [1.807, 2.05) is 24.3 Å². The summed E-state index contributed by atoms with van der Waals surface area (Å²) in [4.78, 5) is 8.29. The van der Waals surface area contributed by atoms with Gasteiger partial charge in [-0.3, -0.25) is 4.98 Å². The fraction of sp³-hybridized carbons (Fsp3) is 0. The number of aromatic nitrogens is 2. The number of ether oxygens (including phenoxy) is 1. The molecule has 0 bridgehead atoms. The summed E-state index contributed by atoms with van der Waals surface area (Å²) in [6.45, 7) is 0. The van der Waals surface area contributed by atoms with Gasteiger partial charge in [-0.1, -0.05) is 18.2 Å². The van der Waals surface area contributed by atoms with Crippen LogP contribution in [0.4, 0.5) is 0 Å². The van der Waals surface area contributed by atoms with Crippen LogP contribution in [0.3, 0.4) is 0 Å². The molecular formula is C15H9N3O. The van der Waals surface area contributed by atoms with E-state index in [-0.39, 0.29) is 0 Å². The Morgan fingerprint density at radius 2 is 1.84 bits per heavy atom. The summed E-state index contributed by atoms with van der Waals surface area (Å²) in [6.07, 6.45) is 3.25. The Hall–Kier alpha value is -2.93. The molecule has 3 aromatic rings. The SMILES string of the molecule is N#Cc1cc2ccccc2nc1Oc1ccncc1. The molecule has 2 aromatic heterocycles. The summed E-state index contributed by atoms with van der Waals surface area (Å²) in [7, 11) is 0. The van der Waals surface area contributed by atoms with Gasteiger partial charge in [0.1, 0.15) is 17.4 Å². The molecule has 0 aliphatic heterocycles. The molecule has 3 rings (SSSR count). The topological polar surface area (TPSA) is 58.8 Å². The number of fused-ring (bicyclic) bond motifs is 1. The lowest BCUT2D eigenvalue weighted by Gasteiger charge is -2.07. The molecule has 4 heteroatoms. The Balaban J connectivity index is 2.10. The van der Waals surface area contributed by atoms with E-state index in [9.17, 15) is 5.26 Å². The number of rotatable bonds is 2. The van der Waals surface area contributed by atoms with Crippen LogP contribution in [0.1, 0.15) is 5.56 Å². The van der Waals surface area contributed by atoms with Gasteiger partial charge in [-0.15, -0.1) is 0 Å². The first kappa shape index (κ1) is 11.2. The van der Waals surface area contributed by atoms with E-state index in [0.29, 0.717) is 17.2 Å². The maximum absolute atomic E-state index is 9.17. The summed E-state index contributed by atoms with van der Waals surface area (Å²) in [6, 6.07) is 14.9. The molecule has 0 saturated carbocycles. The molecular weight excluding hydrogens is 238 g/mol. The molecule has 0 aliphatic rings. The molecule has 0 aliphatic carbocycles. The first-order valence-electron chi connectivity index (χ1n) is 5.74. The van der Waals surface area contributed by atoms with Crippen molar-refractivity contribution in [3.05, 3.63) is 60.4 Å². The van der Waals surface area contributed by atoms with E-state index in [1.165, 1.54) is 0 Å². The highest BCUT2D eigenvalue weighted by molar-refractivity contribution is 5.80. The minimum atomic E-state index is 0.312. The highest BCUT2D eigenvalue weighted by Crippen LogP contribution is 2.25. The molecule has 0 unspecified atom stereocenters. The number of para-hydroxylation sites is 1. The summed E-state index contributed by atoms with van der Waals surface area (Å²) < 4.78 is 5.63. The molecule has 4 nitrogen and oxygen atoms in total. The lowest BCUT2D eigenvalue weighted by Crippen LogP contribution is -1.93. The molecule has 0 radical (unpaired) electrons. The van der Waals surface area contributed by atoms with Gasteiger partial charge in [0.2, 0.25) is 5.88 Å². The monoisotopic (exact) mass is 247 g/mol.